The Morgan fingerprint density at radius 3 is 2.58 bits per heavy atom. The number of anilines is 1. The first-order valence-electron chi connectivity index (χ1n) is 9.99. The third-order valence-corrected chi connectivity index (χ3v) is 5.51. The van der Waals surface area contributed by atoms with Crippen LogP contribution < -0.4 is 16.6 Å². The molecule has 0 saturated heterocycles. The molecule has 8 nitrogen and oxygen atoms in total. The summed E-state index contributed by atoms with van der Waals surface area (Å²) in [6, 6.07) is 10.4. The summed E-state index contributed by atoms with van der Waals surface area (Å²) in [5.74, 6) is -0.203. The molecule has 0 bridgehead atoms. The number of fused-ring (bicyclic) bond motifs is 3. The molecule has 0 aliphatic heterocycles. The fourth-order valence-corrected chi connectivity index (χ4v) is 3.74. The van der Waals surface area contributed by atoms with Gasteiger partial charge in [-0.05, 0) is 61.7 Å². The van der Waals surface area contributed by atoms with Crippen LogP contribution in [0.15, 0.2) is 46.0 Å². The molecule has 0 saturated carbocycles. The highest BCUT2D eigenvalue weighted by Crippen LogP contribution is 2.18. The van der Waals surface area contributed by atoms with Crippen LogP contribution in [0.4, 0.5) is 5.69 Å². The normalized spacial score (nSPS) is 11.4. The molecular formula is C22H22ClN5O3. The maximum absolute atomic E-state index is 13.1. The molecule has 4 rings (SSSR count). The summed E-state index contributed by atoms with van der Waals surface area (Å²) < 4.78 is 3.86. The molecule has 0 atom stereocenters. The summed E-state index contributed by atoms with van der Waals surface area (Å²) in [6.07, 6.45) is 0.684. The van der Waals surface area contributed by atoms with Crippen molar-refractivity contribution in [3.63, 3.8) is 0 Å². The standard InChI is InChI=1S/C22H22ClN5O3/c1-4-9-26-20(30)17-8-6-15(23)11-18(17)28-21(26)25-27(22(28)31)12-19(29)24-16-7-5-13(2)14(3)10-16/h5-8,10-11H,4,9,12H2,1-3H3,(H,24,29). The predicted molar refractivity (Wildman–Crippen MR) is 121 cm³/mol. The van der Waals surface area contributed by atoms with Gasteiger partial charge in [-0.25, -0.2) is 13.9 Å². The third-order valence-electron chi connectivity index (χ3n) is 5.27. The lowest BCUT2D eigenvalue weighted by Crippen LogP contribution is -2.29. The second-order valence-electron chi connectivity index (χ2n) is 7.54. The van der Waals surface area contributed by atoms with Crippen LogP contribution in [0.2, 0.25) is 5.02 Å². The number of carbonyl (C=O) groups is 1. The molecule has 0 spiro atoms. The Bertz CT molecular complexity index is 1450. The Labute approximate surface area is 182 Å². The number of aryl methyl sites for hydroxylation is 3. The van der Waals surface area contributed by atoms with Crippen molar-refractivity contribution in [2.45, 2.75) is 40.3 Å². The van der Waals surface area contributed by atoms with Gasteiger partial charge in [-0.2, -0.15) is 0 Å². The number of carbonyl (C=O) groups excluding carboxylic acids is 1. The van der Waals surface area contributed by atoms with Gasteiger partial charge in [-0.15, -0.1) is 5.10 Å². The Morgan fingerprint density at radius 2 is 1.87 bits per heavy atom. The molecule has 2 heterocycles. The first-order valence-corrected chi connectivity index (χ1v) is 10.4. The molecule has 0 unspecified atom stereocenters. The predicted octanol–water partition coefficient (Wildman–Crippen LogP) is 3.13. The van der Waals surface area contributed by atoms with Crippen molar-refractivity contribution in [2.75, 3.05) is 5.32 Å². The van der Waals surface area contributed by atoms with E-state index in [1.807, 2.05) is 32.9 Å². The number of benzene rings is 2. The van der Waals surface area contributed by atoms with E-state index in [0.29, 0.717) is 34.6 Å². The van der Waals surface area contributed by atoms with Gasteiger partial charge in [0, 0.05) is 17.3 Å². The van der Waals surface area contributed by atoms with E-state index in [0.717, 1.165) is 15.8 Å². The molecule has 31 heavy (non-hydrogen) atoms. The second-order valence-corrected chi connectivity index (χ2v) is 7.98. The molecule has 1 amide bonds. The second kappa shape index (κ2) is 8.03. The maximum atomic E-state index is 13.1. The van der Waals surface area contributed by atoms with Gasteiger partial charge in [0.1, 0.15) is 6.54 Å². The molecule has 160 valence electrons. The topological polar surface area (TPSA) is 90.4 Å². The van der Waals surface area contributed by atoms with Gasteiger partial charge < -0.3 is 5.32 Å². The first-order chi connectivity index (χ1) is 14.8. The van der Waals surface area contributed by atoms with Crippen LogP contribution in [0, 0.1) is 13.8 Å². The molecule has 2 aromatic carbocycles. The molecule has 1 N–H and O–H groups in total. The van der Waals surface area contributed by atoms with Crippen molar-refractivity contribution in [2.24, 2.45) is 0 Å². The van der Waals surface area contributed by atoms with Crippen LogP contribution in [0.1, 0.15) is 24.5 Å². The van der Waals surface area contributed by atoms with Crippen molar-refractivity contribution >= 4 is 39.9 Å². The quantitative estimate of drug-likeness (QED) is 0.517. The third kappa shape index (κ3) is 3.74. The molecule has 0 radical (unpaired) electrons. The minimum Gasteiger partial charge on any atom is -0.324 e. The summed E-state index contributed by atoms with van der Waals surface area (Å²) in [7, 11) is 0. The summed E-state index contributed by atoms with van der Waals surface area (Å²) >= 11 is 6.11. The SMILES string of the molecule is CCCn1c(=O)c2ccc(Cl)cc2n2c(=O)n(CC(=O)Nc3ccc(C)c(C)c3)nc12. The van der Waals surface area contributed by atoms with E-state index in [9.17, 15) is 14.4 Å². The Morgan fingerprint density at radius 1 is 1.10 bits per heavy atom. The van der Waals surface area contributed by atoms with Gasteiger partial charge in [-0.3, -0.25) is 14.2 Å². The highest BCUT2D eigenvalue weighted by molar-refractivity contribution is 6.31. The van der Waals surface area contributed by atoms with Crippen LogP contribution in [0.3, 0.4) is 0 Å². The summed E-state index contributed by atoms with van der Waals surface area (Å²) in [4.78, 5) is 38.7. The molecule has 0 fully saturated rings. The molecule has 4 aromatic rings. The fraction of sp³-hybridized carbons (Fsp3) is 0.273. The zero-order valence-corrected chi connectivity index (χ0v) is 18.2. The van der Waals surface area contributed by atoms with E-state index in [-0.39, 0.29) is 23.8 Å². The van der Waals surface area contributed by atoms with Crippen molar-refractivity contribution in [1.29, 1.82) is 0 Å². The lowest BCUT2D eigenvalue weighted by molar-refractivity contribution is -0.117. The minimum absolute atomic E-state index is 0.186. The summed E-state index contributed by atoms with van der Waals surface area (Å²) in [5, 5.41) is 7.86. The fourth-order valence-electron chi connectivity index (χ4n) is 3.57. The first kappa shape index (κ1) is 20.9. The van der Waals surface area contributed by atoms with Crippen molar-refractivity contribution in [1.82, 2.24) is 18.7 Å². The number of nitrogens with zero attached hydrogens (tertiary/aromatic N) is 4. The van der Waals surface area contributed by atoms with Gasteiger partial charge >= 0.3 is 5.69 Å². The Hall–Kier alpha value is -3.39. The molecule has 0 aliphatic rings. The lowest BCUT2D eigenvalue weighted by Gasteiger charge is -2.08. The van der Waals surface area contributed by atoms with Gasteiger partial charge in [0.2, 0.25) is 11.7 Å². The van der Waals surface area contributed by atoms with Crippen molar-refractivity contribution in [3.8, 4) is 0 Å². The number of hydrogen-bond acceptors (Lipinski definition) is 4. The molecular weight excluding hydrogens is 418 g/mol. The maximum Gasteiger partial charge on any atom is 0.352 e. The summed E-state index contributed by atoms with van der Waals surface area (Å²) in [5.41, 5.74) is 2.42. The average molecular weight is 440 g/mol. The highest BCUT2D eigenvalue weighted by atomic mass is 35.5. The molecule has 0 aliphatic carbocycles. The number of amides is 1. The van der Waals surface area contributed by atoms with E-state index in [4.69, 9.17) is 11.6 Å². The average Bonchev–Trinajstić information content (AvgIpc) is 3.04. The van der Waals surface area contributed by atoms with E-state index >= 15 is 0 Å². The summed E-state index contributed by atoms with van der Waals surface area (Å²) in [6.45, 7) is 5.99. The van der Waals surface area contributed by atoms with Gasteiger partial charge in [0.05, 0.1) is 10.9 Å². The Balaban J connectivity index is 1.80. The number of nitrogens with one attached hydrogen (secondary N) is 1. The van der Waals surface area contributed by atoms with Crippen LogP contribution in [0.25, 0.3) is 16.7 Å². The number of aromatic nitrogens is 4. The van der Waals surface area contributed by atoms with Gasteiger partial charge in [0.25, 0.3) is 5.56 Å². The van der Waals surface area contributed by atoms with E-state index in [2.05, 4.69) is 10.4 Å². The van der Waals surface area contributed by atoms with Crippen LogP contribution in [-0.2, 0) is 17.9 Å². The smallest absolute Gasteiger partial charge is 0.324 e. The van der Waals surface area contributed by atoms with Gasteiger partial charge in [0.15, 0.2) is 0 Å². The lowest BCUT2D eigenvalue weighted by atomic mass is 10.1. The zero-order chi connectivity index (χ0) is 22.3. The Kier molecular flexibility index (Phi) is 5.41. The minimum atomic E-state index is -0.512. The monoisotopic (exact) mass is 439 g/mol. The zero-order valence-electron chi connectivity index (χ0n) is 17.5. The number of rotatable bonds is 5. The largest absolute Gasteiger partial charge is 0.352 e. The highest BCUT2D eigenvalue weighted by Gasteiger charge is 2.19. The van der Waals surface area contributed by atoms with E-state index in [1.54, 1.807) is 24.3 Å². The molecule has 2 aromatic heterocycles. The number of hydrogen-bond donors (Lipinski definition) is 1. The van der Waals surface area contributed by atoms with Crippen LogP contribution in [-0.4, -0.2) is 24.7 Å². The van der Waals surface area contributed by atoms with Crippen LogP contribution >= 0.6 is 11.6 Å². The number of halogens is 1. The van der Waals surface area contributed by atoms with E-state index < -0.39 is 5.69 Å². The molecule has 9 heteroatoms. The van der Waals surface area contributed by atoms with E-state index in [1.165, 1.54) is 8.97 Å². The van der Waals surface area contributed by atoms with Crippen LogP contribution in [0.5, 0.6) is 0 Å². The van der Waals surface area contributed by atoms with Gasteiger partial charge in [-0.1, -0.05) is 24.6 Å². The van der Waals surface area contributed by atoms with Crippen molar-refractivity contribution < 1.29 is 4.79 Å². The van der Waals surface area contributed by atoms with Crippen molar-refractivity contribution in [3.05, 3.63) is 73.4 Å².